The molecule has 1 saturated heterocycles. The molecule has 3 rings (SSSR count). The van der Waals surface area contributed by atoms with Gasteiger partial charge in [-0.3, -0.25) is 0 Å². The molecule has 3 heteroatoms. The van der Waals surface area contributed by atoms with Crippen molar-refractivity contribution in [3.8, 4) is 5.75 Å². The highest BCUT2D eigenvalue weighted by atomic mass is 16.6. The van der Waals surface area contributed by atoms with E-state index in [2.05, 4.69) is 17.4 Å². The van der Waals surface area contributed by atoms with Crippen molar-refractivity contribution in [2.24, 2.45) is 0 Å². The molecular formula is C11H13NO2. The summed E-state index contributed by atoms with van der Waals surface area (Å²) >= 11 is 0. The van der Waals surface area contributed by atoms with Crippen molar-refractivity contribution in [1.29, 1.82) is 0 Å². The van der Waals surface area contributed by atoms with Gasteiger partial charge in [0.25, 0.3) is 0 Å². The maximum Gasteiger partial charge on any atom is 0.145 e. The summed E-state index contributed by atoms with van der Waals surface area (Å²) in [6, 6.07) is 6.32. The normalized spacial score (nSPS) is 20.3. The Morgan fingerprint density at radius 1 is 1.21 bits per heavy atom. The molecule has 0 spiro atoms. The molecule has 1 aromatic rings. The fraction of sp³-hybridized carbons (Fsp3) is 0.455. The highest BCUT2D eigenvalue weighted by Crippen LogP contribution is 2.23. The first-order valence-corrected chi connectivity index (χ1v) is 4.99. The minimum atomic E-state index is 0.266. The molecule has 0 radical (unpaired) electrons. The number of nitrogens with one attached hydrogen (secondary N) is 1. The van der Waals surface area contributed by atoms with Crippen LogP contribution in [0.4, 0.5) is 0 Å². The van der Waals surface area contributed by atoms with Crippen LogP contribution in [0.1, 0.15) is 11.1 Å². The Morgan fingerprint density at radius 3 is 2.86 bits per heavy atom. The predicted octanol–water partition coefficient (Wildman–Crippen LogP) is 1.07. The Balaban J connectivity index is 1.78. The van der Waals surface area contributed by atoms with Gasteiger partial charge in [0, 0.05) is 13.1 Å². The van der Waals surface area contributed by atoms with Gasteiger partial charge >= 0.3 is 0 Å². The van der Waals surface area contributed by atoms with Crippen LogP contribution < -0.4 is 10.1 Å². The molecule has 0 aliphatic carbocycles. The standard InChI is InChI=1S/C11H13NO2/c1-2-10(14-11-6-13-7-11)3-9-5-12-4-8(1)9/h1-3,11-12H,4-7H2. The van der Waals surface area contributed by atoms with Crippen molar-refractivity contribution < 1.29 is 9.47 Å². The number of benzene rings is 1. The lowest BCUT2D eigenvalue weighted by atomic mass is 10.1. The van der Waals surface area contributed by atoms with Crippen LogP contribution >= 0.6 is 0 Å². The molecule has 0 atom stereocenters. The van der Waals surface area contributed by atoms with E-state index in [4.69, 9.17) is 9.47 Å². The van der Waals surface area contributed by atoms with Gasteiger partial charge in [0.05, 0.1) is 13.2 Å². The average molecular weight is 191 g/mol. The maximum atomic E-state index is 5.72. The van der Waals surface area contributed by atoms with Crippen molar-refractivity contribution >= 4 is 0 Å². The summed E-state index contributed by atoms with van der Waals surface area (Å²) in [7, 11) is 0. The van der Waals surface area contributed by atoms with Gasteiger partial charge in [0.2, 0.25) is 0 Å². The molecule has 1 aromatic carbocycles. The van der Waals surface area contributed by atoms with Crippen molar-refractivity contribution in [2.75, 3.05) is 13.2 Å². The summed E-state index contributed by atoms with van der Waals surface area (Å²) in [6.45, 7) is 3.42. The van der Waals surface area contributed by atoms with Crippen LogP contribution in [-0.2, 0) is 17.8 Å². The van der Waals surface area contributed by atoms with Crippen LogP contribution in [-0.4, -0.2) is 19.3 Å². The smallest absolute Gasteiger partial charge is 0.145 e. The quantitative estimate of drug-likeness (QED) is 0.758. The monoisotopic (exact) mass is 191 g/mol. The minimum Gasteiger partial charge on any atom is -0.486 e. The highest BCUT2D eigenvalue weighted by molar-refractivity contribution is 5.37. The van der Waals surface area contributed by atoms with Crippen LogP contribution in [0.25, 0.3) is 0 Å². The molecule has 0 amide bonds. The van der Waals surface area contributed by atoms with E-state index in [0.29, 0.717) is 0 Å². The largest absolute Gasteiger partial charge is 0.486 e. The van der Waals surface area contributed by atoms with E-state index in [0.717, 1.165) is 32.1 Å². The van der Waals surface area contributed by atoms with Gasteiger partial charge in [0.15, 0.2) is 0 Å². The van der Waals surface area contributed by atoms with Gasteiger partial charge in [0.1, 0.15) is 11.9 Å². The summed E-state index contributed by atoms with van der Waals surface area (Å²) in [5, 5.41) is 3.32. The van der Waals surface area contributed by atoms with Crippen molar-refractivity contribution in [1.82, 2.24) is 5.32 Å². The number of fused-ring (bicyclic) bond motifs is 1. The third-order valence-corrected chi connectivity index (χ3v) is 2.72. The molecule has 74 valence electrons. The summed E-state index contributed by atoms with van der Waals surface area (Å²) in [5.74, 6) is 0.973. The van der Waals surface area contributed by atoms with Gasteiger partial charge < -0.3 is 14.8 Å². The van der Waals surface area contributed by atoms with Crippen LogP contribution in [0.15, 0.2) is 18.2 Å². The second-order valence-corrected chi connectivity index (χ2v) is 3.81. The molecule has 0 bridgehead atoms. The molecule has 1 fully saturated rings. The second kappa shape index (κ2) is 3.26. The first kappa shape index (κ1) is 8.26. The Morgan fingerprint density at radius 2 is 2.07 bits per heavy atom. The van der Waals surface area contributed by atoms with E-state index >= 15 is 0 Å². The van der Waals surface area contributed by atoms with E-state index in [1.807, 2.05) is 6.07 Å². The summed E-state index contributed by atoms with van der Waals surface area (Å²) in [5.41, 5.74) is 2.75. The summed E-state index contributed by atoms with van der Waals surface area (Å²) < 4.78 is 10.8. The first-order valence-electron chi connectivity index (χ1n) is 4.99. The molecule has 2 aliphatic heterocycles. The summed E-state index contributed by atoms with van der Waals surface area (Å²) in [6.07, 6.45) is 0.266. The van der Waals surface area contributed by atoms with Crippen molar-refractivity contribution in [3.05, 3.63) is 29.3 Å². The molecule has 2 aliphatic rings. The maximum absolute atomic E-state index is 5.72. The van der Waals surface area contributed by atoms with Crippen LogP contribution in [0.5, 0.6) is 5.75 Å². The molecular weight excluding hydrogens is 178 g/mol. The number of hydrogen-bond acceptors (Lipinski definition) is 3. The van der Waals surface area contributed by atoms with E-state index in [-0.39, 0.29) is 6.10 Å². The van der Waals surface area contributed by atoms with Gasteiger partial charge in [-0.05, 0) is 23.3 Å². The molecule has 0 saturated carbocycles. The minimum absolute atomic E-state index is 0.266. The lowest BCUT2D eigenvalue weighted by Crippen LogP contribution is -2.38. The molecule has 2 heterocycles. The first-order chi connectivity index (χ1) is 6.92. The molecule has 1 N–H and O–H groups in total. The zero-order valence-electron chi connectivity index (χ0n) is 7.95. The Labute approximate surface area is 83.0 Å². The van der Waals surface area contributed by atoms with E-state index in [1.165, 1.54) is 11.1 Å². The van der Waals surface area contributed by atoms with E-state index in [1.54, 1.807) is 0 Å². The molecule has 14 heavy (non-hydrogen) atoms. The zero-order valence-corrected chi connectivity index (χ0v) is 7.95. The number of hydrogen-bond donors (Lipinski definition) is 1. The van der Waals surface area contributed by atoms with E-state index in [9.17, 15) is 0 Å². The van der Waals surface area contributed by atoms with Crippen molar-refractivity contribution in [3.63, 3.8) is 0 Å². The Kier molecular flexibility index (Phi) is 1.92. The fourth-order valence-corrected chi connectivity index (χ4v) is 1.82. The van der Waals surface area contributed by atoms with Gasteiger partial charge in [-0.15, -0.1) is 0 Å². The zero-order chi connectivity index (χ0) is 9.38. The Hall–Kier alpha value is -1.06. The van der Waals surface area contributed by atoms with Gasteiger partial charge in [-0.25, -0.2) is 0 Å². The van der Waals surface area contributed by atoms with E-state index < -0.39 is 0 Å². The molecule has 0 unspecified atom stereocenters. The average Bonchev–Trinajstić information content (AvgIpc) is 2.58. The number of ether oxygens (including phenoxy) is 2. The topological polar surface area (TPSA) is 30.5 Å². The van der Waals surface area contributed by atoms with Crippen LogP contribution in [0, 0.1) is 0 Å². The van der Waals surface area contributed by atoms with Gasteiger partial charge in [-0.2, -0.15) is 0 Å². The Bertz CT molecular complexity index is 347. The molecule has 0 aromatic heterocycles. The summed E-state index contributed by atoms with van der Waals surface area (Å²) in [4.78, 5) is 0. The predicted molar refractivity (Wildman–Crippen MR) is 52.2 cm³/mol. The van der Waals surface area contributed by atoms with Crippen molar-refractivity contribution in [2.45, 2.75) is 19.2 Å². The van der Waals surface area contributed by atoms with Crippen LogP contribution in [0.2, 0.25) is 0 Å². The SMILES string of the molecule is c1cc2c(cc1OC1COC1)CNC2. The van der Waals surface area contributed by atoms with Crippen LogP contribution in [0.3, 0.4) is 0 Å². The lowest BCUT2D eigenvalue weighted by molar-refractivity contribution is -0.0797. The lowest BCUT2D eigenvalue weighted by Gasteiger charge is -2.26. The third-order valence-electron chi connectivity index (χ3n) is 2.72. The third kappa shape index (κ3) is 1.38. The second-order valence-electron chi connectivity index (χ2n) is 3.81. The fourth-order valence-electron chi connectivity index (χ4n) is 1.82. The molecule has 3 nitrogen and oxygen atoms in total. The number of rotatable bonds is 2. The van der Waals surface area contributed by atoms with Gasteiger partial charge in [-0.1, -0.05) is 6.07 Å². The highest BCUT2D eigenvalue weighted by Gasteiger charge is 2.20.